The number of hydrogen-bond donors (Lipinski definition) is 0. The summed E-state index contributed by atoms with van der Waals surface area (Å²) < 4.78 is 0. The van der Waals surface area contributed by atoms with Crippen molar-refractivity contribution >= 4 is 5.78 Å². The molecule has 4 atom stereocenters. The van der Waals surface area contributed by atoms with Gasteiger partial charge in [0.25, 0.3) is 0 Å². The largest absolute Gasteiger partial charge is 0.299 e. The lowest BCUT2D eigenvalue weighted by Crippen LogP contribution is -2.11. The number of aryl methyl sites for hydroxylation is 1. The fraction of sp³-hybridized carbons (Fsp3) is 0.650. The third-order valence-electron chi connectivity index (χ3n) is 5.73. The van der Waals surface area contributed by atoms with Gasteiger partial charge >= 0.3 is 0 Å². The normalized spacial score (nSPS) is 27.6. The zero-order valence-corrected chi connectivity index (χ0v) is 13.5. The molecule has 114 valence electrons. The molecule has 0 bridgehead atoms. The quantitative estimate of drug-likeness (QED) is 0.677. The van der Waals surface area contributed by atoms with E-state index in [0.29, 0.717) is 29.5 Å². The van der Waals surface area contributed by atoms with Gasteiger partial charge in [-0.1, -0.05) is 63.8 Å². The van der Waals surface area contributed by atoms with Crippen LogP contribution in [0, 0.1) is 17.8 Å². The summed E-state index contributed by atoms with van der Waals surface area (Å²) in [6.45, 7) is 4.48. The predicted octanol–water partition coefficient (Wildman–Crippen LogP) is 5.14. The molecule has 1 fully saturated rings. The number of carbonyl (C=O) groups is 1. The highest BCUT2D eigenvalue weighted by Crippen LogP contribution is 2.60. The molecule has 2 aliphatic rings. The van der Waals surface area contributed by atoms with E-state index in [0.717, 1.165) is 12.8 Å². The highest BCUT2D eigenvalue weighted by molar-refractivity contribution is 5.86. The van der Waals surface area contributed by atoms with Gasteiger partial charge in [0, 0.05) is 12.3 Å². The first-order valence-electron chi connectivity index (χ1n) is 8.86. The lowest BCUT2D eigenvalue weighted by Gasteiger charge is -2.13. The molecule has 1 saturated carbocycles. The zero-order valence-electron chi connectivity index (χ0n) is 13.5. The van der Waals surface area contributed by atoms with Crippen LogP contribution >= 0.6 is 0 Å². The summed E-state index contributed by atoms with van der Waals surface area (Å²) in [7, 11) is 0. The van der Waals surface area contributed by atoms with E-state index in [2.05, 4.69) is 38.1 Å². The van der Waals surface area contributed by atoms with Crippen molar-refractivity contribution in [3.05, 3.63) is 35.4 Å². The number of fused-ring (bicyclic) bond motifs is 3. The zero-order chi connectivity index (χ0) is 14.8. The molecule has 1 aromatic carbocycles. The van der Waals surface area contributed by atoms with Gasteiger partial charge in [0.05, 0.1) is 0 Å². The predicted molar refractivity (Wildman–Crippen MR) is 87.4 cm³/mol. The number of Topliss-reactive ketones (excluding diaryl/α,β-unsaturated/α-hetero) is 1. The molecule has 1 aromatic rings. The SMILES string of the molecule is CCCCC(CC)CC(=O)C1C2CCc3ccccc3C21. The number of ketones is 1. The van der Waals surface area contributed by atoms with Crippen molar-refractivity contribution in [2.75, 3.05) is 0 Å². The minimum absolute atomic E-state index is 0.351. The van der Waals surface area contributed by atoms with Gasteiger partial charge < -0.3 is 0 Å². The Bertz CT molecular complexity index is 504. The van der Waals surface area contributed by atoms with Crippen molar-refractivity contribution in [1.29, 1.82) is 0 Å². The van der Waals surface area contributed by atoms with Gasteiger partial charge in [-0.2, -0.15) is 0 Å². The van der Waals surface area contributed by atoms with Crippen LogP contribution in [0.15, 0.2) is 24.3 Å². The van der Waals surface area contributed by atoms with Crippen LogP contribution in [0.5, 0.6) is 0 Å². The Labute approximate surface area is 129 Å². The first-order chi connectivity index (χ1) is 10.3. The van der Waals surface area contributed by atoms with Crippen LogP contribution in [0.4, 0.5) is 0 Å². The molecule has 1 nitrogen and oxygen atoms in total. The van der Waals surface area contributed by atoms with Crippen molar-refractivity contribution in [3.8, 4) is 0 Å². The summed E-state index contributed by atoms with van der Waals surface area (Å²) in [4.78, 5) is 12.7. The number of benzene rings is 1. The molecule has 0 aliphatic heterocycles. The molecular weight excluding hydrogens is 256 g/mol. The molecule has 0 radical (unpaired) electrons. The summed E-state index contributed by atoms with van der Waals surface area (Å²) in [5.74, 6) is 2.76. The summed E-state index contributed by atoms with van der Waals surface area (Å²) in [5, 5.41) is 0. The second-order valence-electron chi connectivity index (χ2n) is 7.04. The number of carbonyl (C=O) groups excluding carboxylic acids is 1. The van der Waals surface area contributed by atoms with E-state index in [1.54, 1.807) is 0 Å². The highest BCUT2D eigenvalue weighted by atomic mass is 16.1. The first-order valence-corrected chi connectivity index (χ1v) is 8.86. The van der Waals surface area contributed by atoms with Crippen LogP contribution in [0.1, 0.15) is 69.4 Å². The van der Waals surface area contributed by atoms with Crippen molar-refractivity contribution in [1.82, 2.24) is 0 Å². The third-order valence-corrected chi connectivity index (χ3v) is 5.73. The lowest BCUT2D eigenvalue weighted by molar-refractivity contribution is -0.121. The van der Waals surface area contributed by atoms with Crippen LogP contribution in [0.3, 0.4) is 0 Å². The average Bonchev–Trinajstić information content (AvgIpc) is 3.26. The van der Waals surface area contributed by atoms with Gasteiger partial charge in [0.15, 0.2) is 0 Å². The fourth-order valence-electron chi connectivity index (χ4n) is 4.37. The van der Waals surface area contributed by atoms with Gasteiger partial charge in [0.1, 0.15) is 5.78 Å². The molecule has 0 saturated heterocycles. The molecule has 0 heterocycles. The fourth-order valence-corrected chi connectivity index (χ4v) is 4.37. The Morgan fingerprint density at radius 3 is 2.86 bits per heavy atom. The highest BCUT2D eigenvalue weighted by Gasteiger charge is 2.56. The van der Waals surface area contributed by atoms with Crippen molar-refractivity contribution in [2.24, 2.45) is 17.8 Å². The summed E-state index contributed by atoms with van der Waals surface area (Å²) in [5.41, 5.74) is 2.97. The monoisotopic (exact) mass is 284 g/mol. The lowest BCUT2D eigenvalue weighted by atomic mass is 9.91. The number of rotatable bonds is 7. The molecular formula is C20H28O. The Morgan fingerprint density at radius 1 is 1.29 bits per heavy atom. The van der Waals surface area contributed by atoms with E-state index in [9.17, 15) is 4.79 Å². The van der Waals surface area contributed by atoms with Gasteiger partial charge in [-0.15, -0.1) is 0 Å². The van der Waals surface area contributed by atoms with Crippen LogP contribution in [-0.4, -0.2) is 5.78 Å². The van der Waals surface area contributed by atoms with Gasteiger partial charge in [0.2, 0.25) is 0 Å². The molecule has 0 spiro atoms. The van der Waals surface area contributed by atoms with E-state index in [1.165, 1.54) is 43.2 Å². The third kappa shape index (κ3) is 2.93. The van der Waals surface area contributed by atoms with Crippen molar-refractivity contribution in [3.63, 3.8) is 0 Å². The molecule has 1 heteroatoms. The van der Waals surface area contributed by atoms with Crippen LogP contribution in [-0.2, 0) is 11.2 Å². The molecule has 21 heavy (non-hydrogen) atoms. The standard InChI is InChI=1S/C20H28O/c1-3-5-8-14(4-2)13-18(21)20-17-12-11-15-9-6-7-10-16(15)19(17)20/h6-7,9-10,14,17,19-20H,3-5,8,11-13H2,1-2H3. The minimum Gasteiger partial charge on any atom is -0.299 e. The van der Waals surface area contributed by atoms with E-state index < -0.39 is 0 Å². The topological polar surface area (TPSA) is 17.1 Å². The second kappa shape index (κ2) is 6.34. The number of hydrogen-bond acceptors (Lipinski definition) is 1. The van der Waals surface area contributed by atoms with E-state index in [1.807, 2.05) is 0 Å². The maximum absolute atomic E-state index is 12.7. The Morgan fingerprint density at radius 2 is 2.10 bits per heavy atom. The molecule has 3 rings (SSSR count). The Balaban J connectivity index is 1.63. The molecule has 0 amide bonds. The second-order valence-corrected chi connectivity index (χ2v) is 7.04. The maximum Gasteiger partial charge on any atom is 0.137 e. The molecule has 4 unspecified atom stereocenters. The molecule has 2 aliphatic carbocycles. The van der Waals surface area contributed by atoms with Gasteiger partial charge in [-0.3, -0.25) is 4.79 Å². The Hall–Kier alpha value is -1.11. The van der Waals surface area contributed by atoms with Gasteiger partial charge in [-0.25, -0.2) is 0 Å². The van der Waals surface area contributed by atoms with Crippen molar-refractivity contribution in [2.45, 2.75) is 64.7 Å². The Kier molecular flexibility index (Phi) is 4.47. The van der Waals surface area contributed by atoms with E-state index in [4.69, 9.17) is 0 Å². The van der Waals surface area contributed by atoms with Crippen molar-refractivity contribution < 1.29 is 4.79 Å². The molecule has 0 N–H and O–H groups in total. The average molecular weight is 284 g/mol. The van der Waals surface area contributed by atoms with Crippen LogP contribution < -0.4 is 0 Å². The van der Waals surface area contributed by atoms with Crippen LogP contribution in [0.25, 0.3) is 0 Å². The smallest absolute Gasteiger partial charge is 0.137 e. The summed E-state index contributed by atoms with van der Waals surface area (Å²) in [6, 6.07) is 8.78. The first kappa shape index (κ1) is 14.8. The van der Waals surface area contributed by atoms with Crippen LogP contribution in [0.2, 0.25) is 0 Å². The summed E-state index contributed by atoms with van der Waals surface area (Å²) in [6.07, 6.45) is 8.13. The number of unbranched alkanes of at least 4 members (excludes halogenated alkanes) is 1. The van der Waals surface area contributed by atoms with E-state index >= 15 is 0 Å². The minimum atomic E-state index is 0.351. The maximum atomic E-state index is 12.7. The van der Waals surface area contributed by atoms with Gasteiger partial charge in [-0.05, 0) is 41.7 Å². The summed E-state index contributed by atoms with van der Waals surface area (Å²) >= 11 is 0. The molecule has 0 aromatic heterocycles. The van der Waals surface area contributed by atoms with E-state index in [-0.39, 0.29) is 0 Å².